The summed E-state index contributed by atoms with van der Waals surface area (Å²) in [5.41, 5.74) is 3.93. The number of halogens is 3. The van der Waals surface area contributed by atoms with Crippen molar-refractivity contribution < 1.29 is 13.9 Å². The molecule has 4 rings (SSSR count). The molecule has 0 bridgehead atoms. The molecule has 1 amide bonds. The lowest BCUT2D eigenvalue weighted by atomic mass is 10.0. The summed E-state index contributed by atoms with van der Waals surface area (Å²) >= 11 is 6.94. The van der Waals surface area contributed by atoms with E-state index in [1.165, 1.54) is 23.9 Å². The van der Waals surface area contributed by atoms with Gasteiger partial charge in [-0.05, 0) is 68.7 Å². The van der Waals surface area contributed by atoms with Gasteiger partial charge in [-0.2, -0.15) is 0 Å². The minimum Gasteiger partial charge on any atom is -0.409 e. The number of amides is 1. The van der Waals surface area contributed by atoms with E-state index in [0.29, 0.717) is 29.7 Å². The van der Waals surface area contributed by atoms with Crippen LogP contribution in [0.25, 0.3) is 6.08 Å². The van der Waals surface area contributed by atoms with Crippen LogP contribution in [0.5, 0.6) is 5.75 Å². The second kappa shape index (κ2) is 14.5. The highest BCUT2D eigenvalue weighted by Crippen LogP contribution is 2.34. The molecule has 1 aromatic rings. The molecule has 2 saturated heterocycles. The summed E-state index contributed by atoms with van der Waals surface area (Å²) in [4.78, 5) is 22.8. The predicted octanol–water partition coefficient (Wildman–Crippen LogP) is 5.35. The number of piperidine rings is 1. The topological polar surface area (TPSA) is 60.4 Å². The van der Waals surface area contributed by atoms with Gasteiger partial charge in [0, 0.05) is 43.9 Å². The molecule has 3 aliphatic rings. The Bertz CT molecular complexity index is 979. The minimum atomic E-state index is -0.457. The van der Waals surface area contributed by atoms with Crippen LogP contribution in [0.15, 0.2) is 28.1 Å². The van der Waals surface area contributed by atoms with Crippen molar-refractivity contribution in [3.05, 3.63) is 34.5 Å². The van der Waals surface area contributed by atoms with E-state index in [2.05, 4.69) is 29.2 Å². The van der Waals surface area contributed by atoms with Gasteiger partial charge in [0.2, 0.25) is 0 Å². The highest BCUT2D eigenvalue weighted by molar-refractivity contribution is 8.19. The first kappa shape index (κ1) is 30.8. The van der Waals surface area contributed by atoms with Crippen LogP contribution in [-0.2, 0) is 0 Å². The Morgan fingerprint density at radius 2 is 1.97 bits per heavy atom. The number of rotatable bonds is 5. The number of ether oxygens (including phenoxy) is 1. The average Bonchev–Trinajstić information content (AvgIpc) is 3.22. The van der Waals surface area contributed by atoms with Crippen LogP contribution in [0.3, 0.4) is 0 Å². The van der Waals surface area contributed by atoms with E-state index in [1.54, 1.807) is 11.0 Å². The van der Waals surface area contributed by atoms with Crippen molar-refractivity contribution in [2.24, 2.45) is 4.99 Å². The molecule has 1 N–H and O–H groups in total. The van der Waals surface area contributed by atoms with Crippen LogP contribution in [0.1, 0.15) is 45.1 Å². The Morgan fingerprint density at radius 1 is 1.25 bits per heavy atom. The largest absolute Gasteiger partial charge is 0.415 e. The maximum absolute atomic E-state index is 14.1. The SMILES string of the molecule is CCN(CC)C1CCN(C(=O)Oc2cc(F)ccc2/C=C2\SC(N3CCCCN3)=NC2=S)CC1.Cl.Cl. The number of amidine groups is 1. The Hall–Kier alpha value is -1.43. The smallest absolute Gasteiger partial charge is 0.409 e. The van der Waals surface area contributed by atoms with Crippen LogP contribution in [0, 0.1) is 5.82 Å². The number of nitrogens with zero attached hydrogens (tertiary/aromatic N) is 4. The lowest BCUT2D eigenvalue weighted by Crippen LogP contribution is -2.47. The summed E-state index contributed by atoms with van der Waals surface area (Å²) in [6.07, 6.45) is 5.43. The fourth-order valence-corrected chi connectivity index (χ4v) is 5.78. The van der Waals surface area contributed by atoms with Crippen molar-refractivity contribution in [2.75, 3.05) is 39.3 Å². The van der Waals surface area contributed by atoms with Crippen LogP contribution in [-0.4, -0.2) is 76.4 Å². The predicted molar refractivity (Wildman–Crippen MR) is 154 cm³/mol. The van der Waals surface area contributed by atoms with E-state index in [1.807, 2.05) is 11.1 Å². The first-order valence-corrected chi connectivity index (χ1v) is 13.2. The number of thioether (sulfide) groups is 1. The average molecular weight is 579 g/mol. The first-order valence-electron chi connectivity index (χ1n) is 12.0. The summed E-state index contributed by atoms with van der Waals surface area (Å²) < 4.78 is 19.7. The maximum Gasteiger partial charge on any atom is 0.415 e. The monoisotopic (exact) mass is 577 g/mol. The molecule has 2 fully saturated rings. The zero-order chi connectivity index (χ0) is 24.1. The quantitative estimate of drug-likeness (QED) is 0.374. The molecule has 3 heterocycles. The second-order valence-corrected chi connectivity index (χ2v) is 9.96. The van der Waals surface area contributed by atoms with Crippen molar-refractivity contribution in [1.29, 1.82) is 0 Å². The number of hydrogen-bond donors (Lipinski definition) is 1. The molecule has 0 aliphatic carbocycles. The summed E-state index contributed by atoms with van der Waals surface area (Å²) in [5.74, 6) is -0.266. The van der Waals surface area contributed by atoms with Crippen molar-refractivity contribution in [2.45, 2.75) is 45.6 Å². The number of hydrogen-bond acceptors (Lipinski definition) is 7. The number of carbonyl (C=O) groups is 1. The van der Waals surface area contributed by atoms with Gasteiger partial charge in [0.1, 0.15) is 16.6 Å². The molecule has 0 spiro atoms. The number of aliphatic imine (C=N–C) groups is 1. The molecule has 0 atom stereocenters. The zero-order valence-electron chi connectivity index (χ0n) is 20.6. The van der Waals surface area contributed by atoms with Gasteiger partial charge in [0.15, 0.2) is 5.17 Å². The molecule has 3 aliphatic heterocycles. The van der Waals surface area contributed by atoms with Crippen molar-refractivity contribution in [3.8, 4) is 5.75 Å². The normalized spacial score (nSPS) is 19.7. The minimum absolute atomic E-state index is 0. The fraction of sp³-hybridized carbons (Fsp3) is 0.542. The molecule has 1 aromatic carbocycles. The zero-order valence-corrected chi connectivity index (χ0v) is 23.8. The van der Waals surface area contributed by atoms with Gasteiger partial charge in [-0.15, -0.1) is 24.8 Å². The fourth-order valence-electron chi connectivity index (χ4n) is 4.53. The van der Waals surface area contributed by atoms with E-state index in [4.69, 9.17) is 17.0 Å². The van der Waals surface area contributed by atoms with E-state index in [-0.39, 0.29) is 30.6 Å². The Kier molecular flexibility index (Phi) is 12.4. The lowest BCUT2D eigenvalue weighted by molar-refractivity contribution is 0.104. The molecular formula is C24H34Cl2FN5O2S2. The van der Waals surface area contributed by atoms with Gasteiger partial charge >= 0.3 is 6.09 Å². The summed E-state index contributed by atoms with van der Waals surface area (Å²) in [6, 6.07) is 4.70. The second-order valence-electron chi connectivity index (χ2n) is 8.57. The number of carbonyl (C=O) groups excluding carboxylic acids is 1. The molecule has 200 valence electrons. The Balaban J connectivity index is 0.00000228. The summed E-state index contributed by atoms with van der Waals surface area (Å²) in [6.45, 7) is 9.39. The number of thiocarbonyl (C=S) groups is 1. The van der Waals surface area contributed by atoms with E-state index < -0.39 is 11.9 Å². The van der Waals surface area contributed by atoms with Crippen LogP contribution in [0.2, 0.25) is 0 Å². The van der Waals surface area contributed by atoms with Crippen LogP contribution < -0.4 is 10.2 Å². The summed E-state index contributed by atoms with van der Waals surface area (Å²) in [7, 11) is 0. The highest BCUT2D eigenvalue weighted by atomic mass is 35.5. The van der Waals surface area contributed by atoms with Gasteiger partial charge in [0.05, 0.1) is 4.91 Å². The molecular weight excluding hydrogens is 544 g/mol. The standard InChI is InChI=1S/C24H32FN5O2S2.2ClH/c1-3-28(4-2)19-9-13-29(14-10-19)24(31)32-20-16-18(25)8-7-17(20)15-21-22(33)27-23(34-21)30-12-6-5-11-26-30;;/h7-8,15-16,19,26H,3-6,9-14H2,1-2H3;2*1H/b21-15-;;. The summed E-state index contributed by atoms with van der Waals surface area (Å²) in [5, 5.41) is 2.84. The molecule has 36 heavy (non-hydrogen) atoms. The van der Waals surface area contributed by atoms with Gasteiger partial charge in [-0.25, -0.2) is 19.6 Å². The highest BCUT2D eigenvalue weighted by Gasteiger charge is 2.28. The third-order valence-corrected chi connectivity index (χ3v) is 7.93. The lowest BCUT2D eigenvalue weighted by Gasteiger charge is -2.37. The number of hydrazine groups is 1. The van der Waals surface area contributed by atoms with E-state index >= 15 is 0 Å². The Morgan fingerprint density at radius 3 is 2.61 bits per heavy atom. The van der Waals surface area contributed by atoms with E-state index in [0.717, 1.165) is 61.9 Å². The van der Waals surface area contributed by atoms with Crippen molar-refractivity contribution in [1.82, 2.24) is 20.2 Å². The molecule has 0 aromatic heterocycles. The van der Waals surface area contributed by atoms with Crippen molar-refractivity contribution in [3.63, 3.8) is 0 Å². The van der Waals surface area contributed by atoms with Gasteiger partial charge < -0.3 is 14.5 Å². The number of likely N-dealkylation sites (tertiary alicyclic amines) is 1. The molecule has 0 saturated carbocycles. The molecule has 0 unspecified atom stereocenters. The maximum atomic E-state index is 14.1. The Labute approximate surface area is 234 Å². The van der Waals surface area contributed by atoms with Gasteiger partial charge in [-0.3, -0.25) is 5.01 Å². The third-order valence-electron chi connectivity index (χ3n) is 6.46. The van der Waals surface area contributed by atoms with E-state index in [9.17, 15) is 9.18 Å². The van der Waals surface area contributed by atoms with Crippen LogP contribution in [0.4, 0.5) is 9.18 Å². The third kappa shape index (κ3) is 7.55. The number of benzene rings is 1. The molecule has 7 nitrogen and oxygen atoms in total. The van der Waals surface area contributed by atoms with Crippen molar-refractivity contribution >= 4 is 71.1 Å². The van der Waals surface area contributed by atoms with Gasteiger partial charge in [0.25, 0.3) is 0 Å². The molecule has 12 heteroatoms. The molecule has 0 radical (unpaired) electrons. The first-order chi connectivity index (χ1) is 16.5. The van der Waals surface area contributed by atoms with Crippen LogP contribution >= 0.6 is 48.8 Å². The number of nitrogens with one attached hydrogen (secondary N) is 1. The van der Waals surface area contributed by atoms with Gasteiger partial charge in [-0.1, -0.05) is 26.1 Å².